The van der Waals surface area contributed by atoms with Gasteiger partial charge >= 0.3 is 5.97 Å². The summed E-state index contributed by atoms with van der Waals surface area (Å²) in [5.74, 6) is -0.833. The molecular weight excluding hydrogens is 286 g/mol. The standard InChI is InChI=1S/C9H9BrF2N2O2/c1-16-9(15)7-6(13)5(8(11)12)4(2-10)3-14-7/h3,8H,2,13H2,1H3. The molecule has 0 radical (unpaired) electrons. The van der Waals surface area contributed by atoms with E-state index in [-0.39, 0.29) is 27.8 Å². The number of esters is 1. The van der Waals surface area contributed by atoms with E-state index in [0.29, 0.717) is 0 Å². The van der Waals surface area contributed by atoms with Crippen LogP contribution in [-0.4, -0.2) is 18.1 Å². The third-order valence-corrected chi connectivity index (χ3v) is 2.59. The molecule has 0 fully saturated rings. The third-order valence-electron chi connectivity index (χ3n) is 1.98. The number of alkyl halides is 3. The topological polar surface area (TPSA) is 65.2 Å². The summed E-state index contributed by atoms with van der Waals surface area (Å²) in [6, 6.07) is 0. The van der Waals surface area contributed by atoms with Crippen LogP contribution in [0.5, 0.6) is 0 Å². The first-order valence-electron chi connectivity index (χ1n) is 4.22. The highest BCUT2D eigenvalue weighted by atomic mass is 79.9. The van der Waals surface area contributed by atoms with Crippen molar-refractivity contribution in [1.82, 2.24) is 4.98 Å². The van der Waals surface area contributed by atoms with E-state index in [2.05, 4.69) is 25.7 Å². The molecule has 2 N–H and O–H groups in total. The van der Waals surface area contributed by atoms with Gasteiger partial charge in [0.05, 0.1) is 12.8 Å². The largest absolute Gasteiger partial charge is 0.464 e. The van der Waals surface area contributed by atoms with Crippen molar-refractivity contribution in [2.75, 3.05) is 12.8 Å². The monoisotopic (exact) mass is 294 g/mol. The smallest absolute Gasteiger partial charge is 0.358 e. The van der Waals surface area contributed by atoms with Crippen molar-refractivity contribution in [3.63, 3.8) is 0 Å². The number of nitrogens with zero attached hydrogens (tertiary/aromatic N) is 1. The number of carbonyl (C=O) groups excluding carboxylic acids is 1. The Balaban J connectivity index is 3.37. The van der Waals surface area contributed by atoms with Gasteiger partial charge < -0.3 is 10.5 Å². The SMILES string of the molecule is COC(=O)c1ncc(CBr)c(C(F)F)c1N. The number of nitrogen functional groups attached to an aromatic ring is 1. The summed E-state index contributed by atoms with van der Waals surface area (Å²) >= 11 is 3.04. The van der Waals surface area contributed by atoms with Gasteiger partial charge in [0.25, 0.3) is 6.43 Å². The lowest BCUT2D eigenvalue weighted by Crippen LogP contribution is -2.12. The van der Waals surface area contributed by atoms with Crippen molar-refractivity contribution in [2.24, 2.45) is 0 Å². The van der Waals surface area contributed by atoms with Gasteiger partial charge in [-0.05, 0) is 5.56 Å². The highest BCUT2D eigenvalue weighted by Crippen LogP contribution is 2.31. The van der Waals surface area contributed by atoms with Crippen LogP contribution in [0.2, 0.25) is 0 Å². The lowest BCUT2D eigenvalue weighted by Gasteiger charge is -2.11. The highest BCUT2D eigenvalue weighted by molar-refractivity contribution is 9.08. The zero-order valence-corrected chi connectivity index (χ0v) is 9.92. The van der Waals surface area contributed by atoms with E-state index in [1.54, 1.807) is 0 Å². The molecule has 0 aliphatic heterocycles. The molecule has 4 nitrogen and oxygen atoms in total. The number of carbonyl (C=O) groups is 1. The van der Waals surface area contributed by atoms with Crippen LogP contribution in [0.3, 0.4) is 0 Å². The van der Waals surface area contributed by atoms with Gasteiger partial charge in [-0.15, -0.1) is 0 Å². The zero-order chi connectivity index (χ0) is 12.3. The van der Waals surface area contributed by atoms with Crippen LogP contribution < -0.4 is 5.73 Å². The van der Waals surface area contributed by atoms with E-state index in [0.717, 1.165) is 7.11 Å². The van der Waals surface area contributed by atoms with Gasteiger partial charge in [-0.2, -0.15) is 0 Å². The summed E-state index contributed by atoms with van der Waals surface area (Å²) in [6.45, 7) is 0. The number of hydrogen-bond donors (Lipinski definition) is 1. The average molecular weight is 295 g/mol. The first kappa shape index (κ1) is 12.8. The number of pyridine rings is 1. The molecule has 0 bridgehead atoms. The lowest BCUT2D eigenvalue weighted by molar-refractivity contribution is 0.0595. The number of methoxy groups -OCH3 is 1. The van der Waals surface area contributed by atoms with Crippen LogP contribution in [0.4, 0.5) is 14.5 Å². The Kier molecular flexibility index (Phi) is 4.17. The summed E-state index contributed by atoms with van der Waals surface area (Å²) < 4.78 is 29.9. The Hall–Kier alpha value is -1.24. The molecule has 1 rings (SSSR count). The predicted octanol–water partition coefficient (Wildman–Crippen LogP) is 2.28. The molecule has 16 heavy (non-hydrogen) atoms. The second kappa shape index (κ2) is 5.20. The highest BCUT2D eigenvalue weighted by Gasteiger charge is 2.23. The summed E-state index contributed by atoms with van der Waals surface area (Å²) in [7, 11) is 1.13. The average Bonchev–Trinajstić information content (AvgIpc) is 2.26. The van der Waals surface area contributed by atoms with Gasteiger partial charge in [-0.1, -0.05) is 15.9 Å². The molecule has 1 heterocycles. The van der Waals surface area contributed by atoms with Gasteiger partial charge in [0.1, 0.15) is 0 Å². The summed E-state index contributed by atoms with van der Waals surface area (Å²) in [4.78, 5) is 14.9. The number of hydrogen-bond acceptors (Lipinski definition) is 4. The van der Waals surface area contributed by atoms with Gasteiger partial charge in [0.2, 0.25) is 0 Å². The molecule has 7 heteroatoms. The number of nitrogens with two attached hydrogens (primary N) is 1. The Morgan fingerprint density at radius 1 is 1.69 bits per heavy atom. The maximum absolute atomic E-state index is 12.7. The minimum atomic E-state index is -2.76. The Morgan fingerprint density at radius 2 is 2.31 bits per heavy atom. The zero-order valence-electron chi connectivity index (χ0n) is 8.34. The predicted molar refractivity (Wildman–Crippen MR) is 57.6 cm³/mol. The van der Waals surface area contributed by atoms with E-state index in [1.165, 1.54) is 6.20 Å². The fourth-order valence-corrected chi connectivity index (χ4v) is 1.65. The minimum absolute atomic E-state index is 0.186. The van der Waals surface area contributed by atoms with Crippen molar-refractivity contribution >= 4 is 27.6 Å². The second-order valence-corrected chi connectivity index (χ2v) is 3.45. The molecule has 0 aliphatic rings. The van der Waals surface area contributed by atoms with E-state index in [4.69, 9.17) is 5.73 Å². The van der Waals surface area contributed by atoms with Gasteiger partial charge in [-0.25, -0.2) is 18.6 Å². The molecule has 1 aromatic rings. The summed E-state index contributed by atoms with van der Waals surface area (Å²) in [6.07, 6.45) is -1.59. The van der Waals surface area contributed by atoms with Gasteiger partial charge in [-0.3, -0.25) is 0 Å². The summed E-state index contributed by atoms with van der Waals surface area (Å²) in [5, 5.41) is 0.186. The maximum atomic E-state index is 12.7. The second-order valence-electron chi connectivity index (χ2n) is 2.89. The van der Waals surface area contributed by atoms with Crippen LogP contribution in [-0.2, 0) is 10.1 Å². The first-order valence-corrected chi connectivity index (χ1v) is 5.34. The minimum Gasteiger partial charge on any atom is -0.464 e. The Bertz CT molecular complexity index is 413. The summed E-state index contributed by atoms with van der Waals surface area (Å²) in [5.41, 5.74) is 4.72. The van der Waals surface area contributed by atoms with Gasteiger partial charge in [0.15, 0.2) is 5.69 Å². The molecule has 0 saturated heterocycles. The third kappa shape index (κ3) is 2.29. The van der Waals surface area contributed by atoms with E-state index < -0.39 is 12.4 Å². The van der Waals surface area contributed by atoms with Crippen molar-refractivity contribution in [3.8, 4) is 0 Å². The van der Waals surface area contributed by atoms with Crippen molar-refractivity contribution < 1.29 is 18.3 Å². The maximum Gasteiger partial charge on any atom is 0.358 e. The van der Waals surface area contributed by atoms with Crippen molar-refractivity contribution in [3.05, 3.63) is 23.0 Å². The van der Waals surface area contributed by atoms with E-state index >= 15 is 0 Å². The molecular formula is C9H9BrF2N2O2. The molecule has 88 valence electrons. The molecule has 0 aromatic carbocycles. The number of rotatable bonds is 3. The van der Waals surface area contributed by atoms with E-state index in [9.17, 15) is 13.6 Å². The first-order chi connectivity index (χ1) is 7.52. The fourth-order valence-electron chi connectivity index (χ4n) is 1.21. The Labute approximate surface area is 98.9 Å². The fraction of sp³-hybridized carbons (Fsp3) is 0.333. The number of ether oxygens (including phenoxy) is 1. The molecule has 0 amide bonds. The van der Waals surface area contributed by atoms with Crippen LogP contribution >= 0.6 is 15.9 Å². The molecule has 0 saturated carbocycles. The van der Waals surface area contributed by atoms with E-state index in [1.807, 2.05) is 0 Å². The number of halogens is 3. The van der Waals surface area contributed by atoms with Crippen LogP contribution in [0.1, 0.15) is 28.0 Å². The molecule has 0 spiro atoms. The molecule has 0 unspecified atom stereocenters. The van der Waals surface area contributed by atoms with Crippen LogP contribution in [0, 0.1) is 0 Å². The quantitative estimate of drug-likeness (QED) is 0.686. The normalized spacial score (nSPS) is 10.6. The van der Waals surface area contributed by atoms with Crippen molar-refractivity contribution in [2.45, 2.75) is 11.8 Å². The van der Waals surface area contributed by atoms with Crippen LogP contribution in [0.15, 0.2) is 6.20 Å². The number of aromatic nitrogens is 1. The molecule has 0 atom stereocenters. The molecule has 1 aromatic heterocycles. The molecule has 0 aliphatic carbocycles. The Morgan fingerprint density at radius 3 is 2.75 bits per heavy atom. The van der Waals surface area contributed by atoms with Gasteiger partial charge in [0, 0.05) is 17.1 Å². The number of anilines is 1. The van der Waals surface area contributed by atoms with Crippen LogP contribution in [0.25, 0.3) is 0 Å². The van der Waals surface area contributed by atoms with Crippen molar-refractivity contribution in [1.29, 1.82) is 0 Å². The lowest BCUT2D eigenvalue weighted by atomic mass is 10.1.